The third-order valence-electron chi connectivity index (χ3n) is 5.49. The summed E-state index contributed by atoms with van der Waals surface area (Å²) in [4.78, 5) is 24.0. The van der Waals surface area contributed by atoms with Crippen molar-refractivity contribution < 1.29 is 9.21 Å². The molecule has 1 aliphatic heterocycles. The van der Waals surface area contributed by atoms with Crippen LogP contribution in [0, 0.1) is 13.8 Å². The summed E-state index contributed by atoms with van der Waals surface area (Å²) in [6.07, 6.45) is 8.14. The van der Waals surface area contributed by atoms with Crippen molar-refractivity contribution in [3.63, 3.8) is 0 Å². The van der Waals surface area contributed by atoms with Crippen LogP contribution in [0.5, 0.6) is 0 Å². The van der Waals surface area contributed by atoms with E-state index in [4.69, 9.17) is 4.42 Å². The predicted molar refractivity (Wildman–Crippen MR) is 94.7 cm³/mol. The van der Waals surface area contributed by atoms with Crippen LogP contribution in [-0.2, 0) is 12.8 Å². The number of carbonyl (C=O) groups excluding carboxylic acids is 1. The molecular weight excluding hydrogens is 314 g/mol. The molecule has 2 aromatic heterocycles. The highest BCUT2D eigenvalue weighted by atomic mass is 16.3. The van der Waals surface area contributed by atoms with Crippen molar-refractivity contribution in [2.75, 3.05) is 13.1 Å². The maximum absolute atomic E-state index is 13.2. The molecule has 1 unspecified atom stereocenters. The van der Waals surface area contributed by atoms with Crippen molar-refractivity contribution in [1.82, 2.24) is 14.9 Å². The lowest BCUT2D eigenvalue weighted by molar-refractivity contribution is 0.0703. The van der Waals surface area contributed by atoms with Crippen LogP contribution in [0.4, 0.5) is 0 Å². The average molecular weight is 339 g/mol. The second-order valence-electron chi connectivity index (χ2n) is 7.26. The Morgan fingerprint density at radius 3 is 2.92 bits per heavy atom. The first-order valence-electron chi connectivity index (χ1n) is 9.33. The number of rotatable bonds is 2. The van der Waals surface area contributed by atoms with Crippen LogP contribution in [0.1, 0.15) is 70.6 Å². The van der Waals surface area contributed by atoms with Crippen LogP contribution in [0.15, 0.2) is 16.7 Å². The number of nitrogens with zero attached hydrogens (tertiary/aromatic N) is 3. The fraction of sp³-hybridized carbons (Fsp3) is 0.550. The van der Waals surface area contributed by atoms with Crippen molar-refractivity contribution in [2.24, 2.45) is 0 Å². The van der Waals surface area contributed by atoms with Crippen molar-refractivity contribution in [1.29, 1.82) is 0 Å². The Kier molecular flexibility index (Phi) is 4.32. The summed E-state index contributed by atoms with van der Waals surface area (Å²) < 4.78 is 5.91. The Hall–Kier alpha value is -2.17. The van der Waals surface area contributed by atoms with Crippen LogP contribution >= 0.6 is 0 Å². The molecule has 5 nitrogen and oxygen atoms in total. The zero-order chi connectivity index (χ0) is 17.4. The molecule has 0 aromatic carbocycles. The van der Waals surface area contributed by atoms with Gasteiger partial charge < -0.3 is 9.32 Å². The topological polar surface area (TPSA) is 59.2 Å². The summed E-state index contributed by atoms with van der Waals surface area (Å²) in [6.45, 7) is 5.39. The second kappa shape index (κ2) is 6.62. The monoisotopic (exact) mass is 339 g/mol. The minimum Gasteiger partial charge on any atom is -0.465 e. The predicted octanol–water partition coefficient (Wildman–Crippen LogP) is 3.59. The highest BCUT2D eigenvalue weighted by molar-refractivity contribution is 5.97. The summed E-state index contributed by atoms with van der Waals surface area (Å²) in [5.41, 5.74) is 3.04. The number of amides is 1. The Labute approximate surface area is 148 Å². The van der Waals surface area contributed by atoms with E-state index in [0.29, 0.717) is 5.92 Å². The number of likely N-dealkylation sites (tertiary alicyclic amines) is 1. The van der Waals surface area contributed by atoms with Gasteiger partial charge in [-0.1, -0.05) is 0 Å². The molecule has 2 aromatic rings. The molecule has 1 atom stereocenters. The van der Waals surface area contributed by atoms with Gasteiger partial charge in [0.25, 0.3) is 5.91 Å². The molecule has 1 fully saturated rings. The summed E-state index contributed by atoms with van der Waals surface area (Å²) in [5.74, 6) is 3.05. The minimum atomic E-state index is 0.139. The summed E-state index contributed by atoms with van der Waals surface area (Å²) in [5, 5.41) is 0. The third-order valence-corrected chi connectivity index (χ3v) is 5.49. The quantitative estimate of drug-likeness (QED) is 0.839. The van der Waals surface area contributed by atoms with Gasteiger partial charge in [0.05, 0.1) is 5.56 Å². The van der Waals surface area contributed by atoms with E-state index in [1.807, 2.05) is 31.0 Å². The minimum absolute atomic E-state index is 0.139. The number of carbonyl (C=O) groups is 1. The van der Waals surface area contributed by atoms with Crippen LogP contribution in [0.2, 0.25) is 0 Å². The SMILES string of the molecule is Cc1nccc(C2CCCN(C(=O)c3c(C)oc4c3CCCC4)C2)n1. The number of aryl methyl sites for hydroxylation is 3. The molecular formula is C20H25N3O2. The Bertz CT molecular complexity index is 796. The largest absolute Gasteiger partial charge is 0.465 e. The van der Waals surface area contributed by atoms with Gasteiger partial charge in [0.1, 0.15) is 17.3 Å². The molecule has 5 heteroatoms. The number of piperidine rings is 1. The van der Waals surface area contributed by atoms with Gasteiger partial charge in [-0.05, 0) is 52.0 Å². The van der Waals surface area contributed by atoms with Crippen LogP contribution in [0.25, 0.3) is 0 Å². The number of hydrogen-bond donors (Lipinski definition) is 0. The molecule has 0 spiro atoms. The summed E-state index contributed by atoms with van der Waals surface area (Å²) in [7, 11) is 0. The number of hydrogen-bond acceptors (Lipinski definition) is 4. The molecule has 0 radical (unpaired) electrons. The molecule has 132 valence electrons. The van der Waals surface area contributed by atoms with Crippen molar-refractivity contribution >= 4 is 5.91 Å². The van der Waals surface area contributed by atoms with E-state index < -0.39 is 0 Å². The third kappa shape index (κ3) is 3.08. The molecule has 4 rings (SSSR count). The highest BCUT2D eigenvalue weighted by Crippen LogP contribution is 2.32. The van der Waals surface area contributed by atoms with E-state index in [2.05, 4.69) is 9.97 Å². The maximum Gasteiger partial charge on any atom is 0.257 e. The van der Waals surface area contributed by atoms with E-state index in [1.165, 1.54) is 0 Å². The zero-order valence-electron chi connectivity index (χ0n) is 15.0. The highest BCUT2D eigenvalue weighted by Gasteiger charge is 2.31. The van der Waals surface area contributed by atoms with Gasteiger partial charge in [-0.15, -0.1) is 0 Å². The second-order valence-corrected chi connectivity index (χ2v) is 7.26. The lowest BCUT2D eigenvalue weighted by atomic mass is 9.91. The lowest BCUT2D eigenvalue weighted by Crippen LogP contribution is -2.39. The van der Waals surface area contributed by atoms with Crippen molar-refractivity contribution in [2.45, 2.75) is 58.3 Å². The van der Waals surface area contributed by atoms with E-state index in [0.717, 1.165) is 85.8 Å². The smallest absolute Gasteiger partial charge is 0.257 e. The molecule has 1 aliphatic carbocycles. The summed E-state index contributed by atoms with van der Waals surface area (Å²) in [6, 6.07) is 1.98. The first-order valence-corrected chi connectivity index (χ1v) is 9.33. The molecule has 3 heterocycles. The standard InChI is InChI=1S/C20H25N3O2/c1-13-19(16-7-3-4-8-18(16)25-13)20(24)23-11-5-6-15(12-23)17-9-10-21-14(2)22-17/h9-10,15H,3-8,11-12H2,1-2H3. The fourth-order valence-corrected chi connectivity index (χ4v) is 4.25. The molecule has 1 amide bonds. The molecule has 0 N–H and O–H groups in total. The molecule has 0 saturated carbocycles. The van der Waals surface area contributed by atoms with E-state index in [-0.39, 0.29) is 5.91 Å². The van der Waals surface area contributed by atoms with E-state index in [9.17, 15) is 4.79 Å². The van der Waals surface area contributed by atoms with Crippen LogP contribution in [0.3, 0.4) is 0 Å². The zero-order valence-corrected chi connectivity index (χ0v) is 15.0. The molecule has 25 heavy (non-hydrogen) atoms. The van der Waals surface area contributed by atoms with Gasteiger partial charge in [-0.25, -0.2) is 9.97 Å². The Morgan fingerprint density at radius 2 is 2.08 bits per heavy atom. The number of furan rings is 1. The summed E-state index contributed by atoms with van der Waals surface area (Å²) >= 11 is 0. The molecule has 0 bridgehead atoms. The Morgan fingerprint density at radius 1 is 1.24 bits per heavy atom. The van der Waals surface area contributed by atoms with Crippen molar-refractivity contribution in [3.8, 4) is 0 Å². The first-order chi connectivity index (χ1) is 12.1. The average Bonchev–Trinajstić information content (AvgIpc) is 2.97. The van der Waals surface area contributed by atoms with Gasteiger partial charge >= 0.3 is 0 Å². The van der Waals surface area contributed by atoms with Crippen LogP contribution in [-0.4, -0.2) is 33.9 Å². The van der Waals surface area contributed by atoms with Gasteiger partial charge in [0.2, 0.25) is 0 Å². The maximum atomic E-state index is 13.2. The lowest BCUT2D eigenvalue weighted by Gasteiger charge is -2.32. The number of fused-ring (bicyclic) bond motifs is 1. The van der Waals surface area contributed by atoms with Gasteiger partial charge in [0.15, 0.2) is 0 Å². The molecule has 1 saturated heterocycles. The Balaban J connectivity index is 1.57. The fourth-order valence-electron chi connectivity index (χ4n) is 4.25. The van der Waals surface area contributed by atoms with Gasteiger partial charge in [-0.2, -0.15) is 0 Å². The van der Waals surface area contributed by atoms with E-state index in [1.54, 1.807) is 0 Å². The van der Waals surface area contributed by atoms with Gasteiger partial charge in [-0.3, -0.25) is 4.79 Å². The normalized spacial score (nSPS) is 20.4. The van der Waals surface area contributed by atoms with Crippen LogP contribution < -0.4 is 0 Å². The van der Waals surface area contributed by atoms with Gasteiger partial charge in [0, 0.05) is 42.9 Å². The van der Waals surface area contributed by atoms with Crippen molar-refractivity contribution in [3.05, 3.63) is 46.4 Å². The first kappa shape index (κ1) is 16.3. The number of aromatic nitrogens is 2. The van der Waals surface area contributed by atoms with E-state index >= 15 is 0 Å². The molecule has 2 aliphatic rings.